The number of carbonyl (C=O) groups excluding carboxylic acids is 1. The molecule has 0 spiro atoms. The number of hydrogen-bond donors (Lipinski definition) is 2. The Morgan fingerprint density at radius 1 is 1.00 bits per heavy atom. The number of carbonyl (C=O) groups is 1. The van der Waals surface area contributed by atoms with Crippen LogP contribution in [0.3, 0.4) is 0 Å². The number of nitrogens with one attached hydrogen (secondary N) is 2. The number of urea groups is 1. The van der Waals surface area contributed by atoms with Crippen LogP contribution >= 0.6 is 0 Å². The van der Waals surface area contributed by atoms with Crippen LogP contribution in [0.25, 0.3) is 0 Å². The largest absolute Gasteiger partial charge is 0.497 e. The van der Waals surface area contributed by atoms with Gasteiger partial charge < -0.3 is 34.3 Å². The van der Waals surface area contributed by atoms with E-state index in [1.165, 1.54) is 0 Å². The third kappa shape index (κ3) is 4.87. The van der Waals surface area contributed by atoms with Gasteiger partial charge in [0.15, 0.2) is 11.5 Å². The van der Waals surface area contributed by atoms with E-state index in [-0.39, 0.29) is 12.8 Å². The molecule has 1 heterocycles. The summed E-state index contributed by atoms with van der Waals surface area (Å²) in [5.74, 6) is 3.40. The van der Waals surface area contributed by atoms with Gasteiger partial charge >= 0.3 is 6.03 Å². The van der Waals surface area contributed by atoms with E-state index in [1.54, 1.807) is 44.6 Å². The van der Waals surface area contributed by atoms with Crippen molar-refractivity contribution >= 4 is 6.03 Å². The molecule has 0 atom stereocenters. The Hall–Kier alpha value is -3.29. The molecule has 8 heteroatoms. The second-order valence-corrected chi connectivity index (χ2v) is 5.65. The summed E-state index contributed by atoms with van der Waals surface area (Å²) in [6, 6.07) is 10.5. The van der Waals surface area contributed by atoms with E-state index in [4.69, 9.17) is 23.7 Å². The van der Waals surface area contributed by atoms with Gasteiger partial charge in [0.2, 0.25) is 6.79 Å². The van der Waals surface area contributed by atoms with Gasteiger partial charge in [-0.1, -0.05) is 0 Å². The normalized spacial score (nSPS) is 11.6. The summed E-state index contributed by atoms with van der Waals surface area (Å²) in [6.45, 7) is 1.22. The number of ether oxygens (including phenoxy) is 5. The number of amides is 2. The number of methoxy groups -OCH3 is 2. The van der Waals surface area contributed by atoms with E-state index in [1.807, 2.05) is 6.07 Å². The van der Waals surface area contributed by atoms with Gasteiger partial charge in [0.1, 0.15) is 23.9 Å². The summed E-state index contributed by atoms with van der Waals surface area (Å²) in [4.78, 5) is 11.9. The minimum atomic E-state index is -0.297. The average molecular weight is 374 g/mol. The maximum atomic E-state index is 11.9. The van der Waals surface area contributed by atoms with Crippen molar-refractivity contribution in [1.29, 1.82) is 0 Å². The maximum absolute atomic E-state index is 11.9. The van der Waals surface area contributed by atoms with Gasteiger partial charge in [-0.3, -0.25) is 0 Å². The zero-order valence-electron chi connectivity index (χ0n) is 15.2. The third-order valence-corrected chi connectivity index (χ3v) is 3.93. The topological polar surface area (TPSA) is 87.3 Å². The highest BCUT2D eigenvalue weighted by molar-refractivity contribution is 5.73. The molecule has 0 fully saturated rings. The first-order valence-corrected chi connectivity index (χ1v) is 8.44. The van der Waals surface area contributed by atoms with Crippen LogP contribution in [0, 0.1) is 0 Å². The number of hydrogen-bond acceptors (Lipinski definition) is 6. The molecule has 2 aromatic carbocycles. The molecule has 3 rings (SSSR count). The molecule has 0 unspecified atom stereocenters. The number of rotatable bonds is 8. The molecule has 2 amide bonds. The first-order valence-electron chi connectivity index (χ1n) is 8.44. The lowest BCUT2D eigenvalue weighted by atomic mass is 10.2. The molecular weight excluding hydrogens is 352 g/mol. The van der Waals surface area contributed by atoms with E-state index in [0.717, 1.165) is 5.56 Å². The number of fused-ring (bicyclic) bond motifs is 1. The quantitative estimate of drug-likeness (QED) is 0.690. The van der Waals surface area contributed by atoms with Crippen LogP contribution in [0.4, 0.5) is 4.79 Å². The molecule has 0 aromatic heterocycles. The van der Waals surface area contributed by atoms with Gasteiger partial charge in [-0.15, -0.1) is 0 Å². The highest BCUT2D eigenvalue weighted by atomic mass is 16.7. The molecule has 1 aliphatic rings. The zero-order chi connectivity index (χ0) is 19.1. The van der Waals surface area contributed by atoms with Crippen LogP contribution < -0.4 is 34.3 Å². The highest BCUT2D eigenvalue weighted by Gasteiger charge is 2.13. The fourth-order valence-corrected chi connectivity index (χ4v) is 2.56. The molecule has 27 heavy (non-hydrogen) atoms. The van der Waals surface area contributed by atoms with Crippen LogP contribution in [-0.4, -0.2) is 40.2 Å². The highest BCUT2D eigenvalue weighted by Crippen LogP contribution is 2.35. The summed E-state index contributed by atoms with van der Waals surface area (Å²) >= 11 is 0. The predicted molar refractivity (Wildman–Crippen MR) is 97.8 cm³/mol. The Labute approximate surface area is 157 Å². The SMILES string of the molecule is COc1ccc(OC)c(CNC(=O)NCCOc2ccc3c(c2)OCO3)c1. The molecule has 0 radical (unpaired) electrons. The monoisotopic (exact) mass is 374 g/mol. The molecule has 2 aromatic rings. The smallest absolute Gasteiger partial charge is 0.315 e. The van der Waals surface area contributed by atoms with Gasteiger partial charge in [0.25, 0.3) is 0 Å². The van der Waals surface area contributed by atoms with E-state index in [9.17, 15) is 4.79 Å². The van der Waals surface area contributed by atoms with Crippen molar-refractivity contribution in [2.24, 2.45) is 0 Å². The van der Waals surface area contributed by atoms with Crippen molar-refractivity contribution in [1.82, 2.24) is 10.6 Å². The molecule has 0 bridgehead atoms. The fraction of sp³-hybridized carbons (Fsp3) is 0.316. The van der Waals surface area contributed by atoms with E-state index in [2.05, 4.69) is 10.6 Å². The van der Waals surface area contributed by atoms with Gasteiger partial charge in [-0.25, -0.2) is 4.79 Å². The van der Waals surface area contributed by atoms with Crippen molar-refractivity contribution < 1.29 is 28.5 Å². The molecule has 0 saturated heterocycles. The molecule has 8 nitrogen and oxygen atoms in total. The van der Waals surface area contributed by atoms with E-state index >= 15 is 0 Å². The number of benzene rings is 2. The minimum absolute atomic E-state index is 0.221. The van der Waals surface area contributed by atoms with Crippen LogP contribution in [-0.2, 0) is 6.54 Å². The second kappa shape index (κ2) is 8.88. The first kappa shape index (κ1) is 18.5. The van der Waals surface area contributed by atoms with E-state index in [0.29, 0.717) is 48.4 Å². The minimum Gasteiger partial charge on any atom is -0.497 e. The molecule has 1 aliphatic heterocycles. The van der Waals surface area contributed by atoms with Crippen molar-refractivity contribution in [3.63, 3.8) is 0 Å². The van der Waals surface area contributed by atoms with Crippen molar-refractivity contribution in [2.45, 2.75) is 6.54 Å². The van der Waals surface area contributed by atoms with Gasteiger partial charge in [-0.2, -0.15) is 0 Å². The standard InChI is InChI=1S/C19H22N2O6/c1-23-14-3-5-16(24-2)13(9-14)11-21-19(22)20-7-8-25-15-4-6-17-18(10-15)27-12-26-17/h3-6,9-10H,7-8,11-12H2,1-2H3,(H2,20,21,22). The molecule has 0 aliphatic carbocycles. The summed E-state index contributed by atoms with van der Waals surface area (Å²) in [5.41, 5.74) is 0.823. The van der Waals surface area contributed by atoms with Crippen LogP contribution in [0.2, 0.25) is 0 Å². The van der Waals surface area contributed by atoms with Crippen molar-refractivity contribution in [3.8, 4) is 28.7 Å². The summed E-state index contributed by atoms with van der Waals surface area (Å²) in [5, 5.41) is 5.52. The van der Waals surface area contributed by atoms with Crippen molar-refractivity contribution in [3.05, 3.63) is 42.0 Å². The lowest BCUT2D eigenvalue weighted by Crippen LogP contribution is -2.37. The van der Waals surface area contributed by atoms with Crippen LogP contribution in [0.1, 0.15) is 5.56 Å². The van der Waals surface area contributed by atoms with Crippen LogP contribution in [0.15, 0.2) is 36.4 Å². The summed E-state index contributed by atoms with van der Waals surface area (Å²) < 4.78 is 26.6. The first-order chi connectivity index (χ1) is 13.2. The Morgan fingerprint density at radius 2 is 1.81 bits per heavy atom. The maximum Gasteiger partial charge on any atom is 0.315 e. The van der Waals surface area contributed by atoms with E-state index < -0.39 is 0 Å². The molecular formula is C19H22N2O6. The zero-order valence-corrected chi connectivity index (χ0v) is 15.2. The lowest BCUT2D eigenvalue weighted by molar-refractivity contribution is 0.173. The molecule has 0 saturated carbocycles. The Kier molecular flexibility index (Phi) is 6.09. The van der Waals surface area contributed by atoms with Gasteiger partial charge in [0, 0.05) is 18.2 Å². The average Bonchev–Trinajstić information content (AvgIpc) is 3.17. The fourth-order valence-electron chi connectivity index (χ4n) is 2.56. The third-order valence-electron chi connectivity index (χ3n) is 3.93. The Balaban J connectivity index is 1.40. The second-order valence-electron chi connectivity index (χ2n) is 5.65. The van der Waals surface area contributed by atoms with Crippen molar-refractivity contribution in [2.75, 3.05) is 34.2 Å². The Morgan fingerprint density at radius 3 is 2.63 bits per heavy atom. The van der Waals surface area contributed by atoms with Gasteiger partial charge in [-0.05, 0) is 30.3 Å². The molecule has 2 N–H and O–H groups in total. The summed E-state index contributed by atoms with van der Waals surface area (Å²) in [7, 11) is 3.17. The lowest BCUT2D eigenvalue weighted by Gasteiger charge is -2.12. The van der Waals surface area contributed by atoms with Crippen LogP contribution in [0.5, 0.6) is 28.7 Å². The van der Waals surface area contributed by atoms with Gasteiger partial charge in [0.05, 0.1) is 20.8 Å². The Bertz CT molecular complexity index is 796. The molecule has 144 valence electrons. The summed E-state index contributed by atoms with van der Waals surface area (Å²) in [6.07, 6.45) is 0. The predicted octanol–water partition coefficient (Wildman–Crippen LogP) is 2.31.